The first-order chi connectivity index (χ1) is 7.54. The van der Waals surface area contributed by atoms with Crippen LogP contribution in [0.3, 0.4) is 0 Å². The van der Waals surface area contributed by atoms with E-state index in [0.717, 1.165) is 12.1 Å². The van der Waals surface area contributed by atoms with E-state index in [1.165, 1.54) is 0 Å². The van der Waals surface area contributed by atoms with Gasteiger partial charge in [0.15, 0.2) is 0 Å². The number of aromatic nitrogens is 2. The Morgan fingerprint density at radius 1 is 1.69 bits per heavy atom. The Kier molecular flexibility index (Phi) is 4.42. The first-order valence-corrected chi connectivity index (χ1v) is 5.54. The van der Waals surface area contributed by atoms with E-state index in [-0.39, 0.29) is 5.91 Å². The van der Waals surface area contributed by atoms with E-state index in [4.69, 9.17) is 18.0 Å². The summed E-state index contributed by atoms with van der Waals surface area (Å²) in [4.78, 5) is 12.1. The maximum Gasteiger partial charge on any atom is 0.269 e. The molecule has 0 saturated heterocycles. The van der Waals surface area contributed by atoms with Crippen molar-refractivity contribution >= 4 is 23.1 Å². The molecule has 0 aromatic carbocycles. The average Bonchev–Trinajstić information content (AvgIpc) is 2.59. The molecular weight excluding hydrogens is 224 g/mol. The highest BCUT2D eigenvalue weighted by Gasteiger charge is 2.11. The third-order valence-electron chi connectivity index (χ3n) is 2.18. The lowest BCUT2D eigenvalue weighted by molar-refractivity contribution is 0.0945. The average molecular weight is 240 g/mol. The molecule has 0 aliphatic rings. The van der Waals surface area contributed by atoms with Crippen LogP contribution in [0.15, 0.2) is 6.07 Å². The Morgan fingerprint density at radius 3 is 2.88 bits per heavy atom. The molecule has 0 aliphatic carbocycles. The Morgan fingerprint density at radius 2 is 2.38 bits per heavy atom. The van der Waals surface area contributed by atoms with Gasteiger partial charge in [0.2, 0.25) is 0 Å². The SMILES string of the molecule is CCc1cc(C(=O)NCCC(N)=S)n(C)n1. The highest BCUT2D eigenvalue weighted by Crippen LogP contribution is 2.03. The van der Waals surface area contributed by atoms with Crippen molar-refractivity contribution in [3.63, 3.8) is 0 Å². The normalized spacial score (nSPS) is 10.1. The van der Waals surface area contributed by atoms with E-state index in [0.29, 0.717) is 23.6 Å². The number of carbonyl (C=O) groups excluding carboxylic acids is 1. The maximum absolute atomic E-state index is 11.7. The van der Waals surface area contributed by atoms with Gasteiger partial charge in [0.05, 0.1) is 10.7 Å². The molecule has 1 aromatic rings. The smallest absolute Gasteiger partial charge is 0.269 e. The molecule has 88 valence electrons. The van der Waals surface area contributed by atoms with E-state index < -0.39 is 0 Å². The Labute approximate surface area is 100 Å². The van der Waals surface area contributed by atoms with Gasteiger partial charge >= 0.3 is 0 Å². The quantitative estimate of drug-likeness (QED) is 0.730. The summed E-state index contributed by atoms with van der Waals surface area (Å²) in [5.41, 5.74) is 6.80. The zero-order valence-electron chi connectivity index (χ0n) is 9.49. The van der Waals surface area contributed by atoms with Crippen molar-refractivity contribution in [3.05, 3.63) is 17.5 Å². The van der Waals surface area contributed by atoms with Crippen molar-refractivity contribution in [3.8, 4) is 0 Å². The van der Waals surface area contributed by atoms with Gasteiger partial charge in [0.1, 0.15) is 5.69 Å². The van der Waals surface area contributed by atoms with E-state index in [2.05, 4.69) is 10.4 Å². The van der Waals surface area contributed by atoms with Crippen molar-refractivity contribution in [1.29, 1.82) is 0 Å². The lowest BCUT2D eigenvalue weighted by Crippen LogP contribution is -2.28. The van der Waals surface area contributed by atoms with E-state index in [9.17, 15) is 4.79 Å². The van der Waals surface area contributed by atoms with E-state index in [1.54, 1.807) is 17.8 Å². The number of amides is 1. The van der Waals surface area contributed by atoms with Crippen molar-refractivity contribution in [2.24, 2.45) is 12.8 Å². The Hall–Kier alpha value is -1.43. The summed E-state index contributed by atoms with van der Waals surface area (Å²) in [5.74, 6) is -0.147. The Bertz CT molecular complexity index is 400. The van der Waals surface area contributed by atoms with Crippen molar-refractivity contribution in [2.45, 2.75) is 19.8 Å². The number of aryl methyl sites for hydroxylation is 2. The molecule has 0 unspecified atom stereocenters. The van der Waals surface area contributed by atoms with Gasteiger partial charge in [-0.05, 0) is 12.5 Å². The van der Waals surface area contributed by atoms with Crippen LogP contribution in [0.25, 0.3) is 0 Å². The number of carbonyl (C=O) groups is 1. The third-order valence-corrected chi connectivity index (χ3v) is 2.39. The fourth-order valence-corrected chi connectivity index (χ4v) is 1.40. The van der Waals surface area contributed by atoms with Gasteiger partial charge in [0.25, 0.3) is 5.91 Å². The van der Waals surface area contributed by atoms with Crippen LogP contribution < -0.4 is 11.1 Å². The summed E-state index contributed by atoms with van der Waals surface area (Å²) in [5, 5.41) is 6.94. The molecule has 0 atom stereocenters. The molecule has 0 aliphatic heterocycles. The zero-order valence-corrected chi connectivity index (χ0v) is 10.3. The van der Waals surface area contributed by atoms with Gasteiger partial charge in [-0.1, -0.05) is 19.1 Å². The number of nitrogens with zero attached hydrogens (tertiary/aromatic N) is 2. The van der Waals surface area contributed by atoms with Crippen molar-refractivity contribution in [1.82, 2.24) is 15.1 Å². The minimum absolute atomic E-state index is 0.147. The number of rotatable bonds is 5. The molecule has 1 rings (SSSR count). The maximum atomic E-state index is 11.7. The lowest BCUT2D eigenvalue weighted by atomic mass is 10.3. The van der Waals surface area contributed by atoms with Crippen LogP contribution in [-0.2, 0) is 13.5 Å². The third kappa shape index (κ3) is 3.30. The van der Waals surface area contributed by atoms with Crippen LogP contribution in [0.1, 0.15) is 29.5 Å². The molecule has 0 saturated carbocycles. The van der Waals surface area contributed by atoms with Gasteiger partial charge in [-0.3, -0.25) is 9.48 Å². The summed E-state index contributed by atoms with van der Waals surface area (Å²) in [6, 6.07) is 1.79. The number of nitrogens with two attached hydrogens (primary N) is 1. The predicted octanol–water partition coefficient (Wildman–Crippen LogP) is 0.388. The predicted molar refractivity (Wildman–Crippen MR) is 66.3 cm³/mol. The monoisotopic (exact) mass is 240 g/mol. The molecule has 3 N–H and O–H groups in total. The summed E-state index contributed by atoms with van der Waals surface area (Å²) in [6.45, 7) is 2.46. The zero-order chi connectivity index (χ0) is 12.1. The number of nitrogens with one attached hydrogen (secondary N) is 1. The first kappa shape index (κ1) is 12.6. The summed E-state index contributed by atoms with van der Waals surface area (Å²) < 4.78 is 1.58. The van der Waals surface area contributed by atoms with Gasteiger partial charge in [-0.15, -0.1) is 0 Å². The summed E-state index contributed by atoms with van der Waals surface area (Å²) >= 11 is 4.72. The molecule has 0 radical (unpaired) electrons. The van der Waals surface area contributed by atoms with Crippen LogP contribution >= 0.6 is 12.2 Å². The fourth-order valence-electron chi connectivity index (χ4n) is 1.30. The summed E-state index contributed by atoms with van der Waals surface area (Å²) in [7, 11) is 1.75. The molecular formula is C10H16N4OS. The molecule has 1 amide bonds. The topological polar surface area (TPSA) is 72.9 Å². The molecule has 0 spiro atoms. The largest absolute Gasteiger partial charge is 0.393 e. The Balaban J connectivity index is 2.58. The second-order valence-electron chi connectivity index (χ2n) is 3.47. The fraction of sp³-hybridized carbons (Fsp3) is 0.500. The minimum Gasteiger partial charge on any atom is -0.393 e. The number of hydrogen-bond acceptors (Lipinski definition) is 3. The molecule has 5 nitrogen and oxygen atoms in total. The van der Waals surface area contributed by atoms with Gasteiger partial charge in [-0.25, -0.2) is 0 Å². The highest BCUT2D eigenvalue weighted by molar-refractivity contribution is 7.80. The van der Waals surface area contributed by atoms with Crippen LogP contribution in [0, 0.1) is 0 Å². The minimum atomic E-state index is -0.147. The second-order valence-corrected chi connectivity index (χ2v) is 3.99. The number of hydrogen-bond donors (Lipinski definition) is 2. The second kappa shape index (κ2) is 5.60. The van der Waals surface area contributed by atoms with Gasteiger partial charge < -0.3 is 11.1 Å². The van der Waals surface area contributed by atoms with Crippen LogP contribution in [0.5, 0.6) is 0 Å². The van der Waals surface area contributed by atoms with Gasteiger partial charge in [-0.2, -0.15) is 5.10 Å². The molecule has 1 heterocycles. The molecule has 0 fully saturated rings. The molecule has 6 heteroatoms. The van der Waals surface area contributed by atoms with Crippen molar-refractivity contribution < 1.29 is 4.79 Å². The lowest BCUT2D eigenvalue weighted by Gasteiger charge is -2.03. The van der Waals surface area contributed by atoms with E-state index in [1.807, 2.05) is 6.92 Å². The molecule has 16 heavy (non-hydrogen) atoms. The van der Waals surface area contributed by atoms with Crippen molar-refractivity contribution in [2.75, 3.05) is 6.54 Å². The van der Waals surface area contributed by atoms with Gasteiger partial charge in [0, 0.05) is 20.0 Å². The molecule has 1 aromatic heterocycles. The molecule has 0 bridgehead atoms. The number of thiocarbonyl (C=S) groups is 1. The van der Waals surface area contributed by atoms with Crippen LogP contribution in [0.4, 0.5) is 0 Å². The van der Waals surface area contributed by atoms with Crippen LogP contribution in [-0.4, -0.2) is 27.2 Å². The van der Waals surface area contributed by atoms with E-state index >= 15 is 0 Å². The summed E-state index contributed by atoms with van der Waals surface area (Å²) in [6.07, 6.45) is 1.33. The van der Waals surface area contributed by atoms with Crippen LogP contribution in [0.2, 0.25) is 0 Å². The standard InChI is InChI=1S/C10H16N4OS/c1-3-7-6-8(14(2)13-7)10(15)12-5-4-9(11)16/h6H,3-5H2,1-2H3,(H2,11,16)(H,12,15). The first-order valence-electron chi connectivity index (χ1n) is 5.14. The highest BCUT2D eigenvalue weighted by atomic mass is 32.1.